The second-order valence-electron chi connectivity index (χ2n) is 5.12. The van der Waals surface area contributed by atoms with Crippen molar-refractivity contribution < 1.29 is 15.0 Å². The van der Waals surface area contributed by atoms with Gasteiger partial charge in [0, 0.05) is 0 Å². The molecule has 2 N–H and O–H groups in total. The van der Waals surface area contributed by atoms with Crippen molar-refractivity contribution in [1.82, 2.24) is 0 Å². The average molecular weight is 184 g/mol. The first-order valence-corrected chi connectivity index (χ1v) is 4.83. The third kappa shape index (κ3) is 0.857. The number of aliphatic hydroxyl groups is 1. The first kappa shape index (κ1) is 9.00. The summed E-state index contributed by atoms with van der Waals surface area (Å²) in [5.74, 6) is -0.424. The van der Waals surface area contributed by atoms with Crippen LogP contribution in [0.4, 0.5) is 0 Å². The van der Waals surface area contributed by atoms with Crippen molar-refractivity contribution in [1.29, 1.82) is 0 Å². The molecule has 2 aliphatic carbocycles. The Hall–Kier alpha value is -0.570. The number of hydrogen-bond donors (Lipinski definition) is 2. The fourth-order valence-corrected chi connectivity index (χ4v) is 3.21. The van der Waals surface area contributed by atoms with Crippen molar-refractivity contribution in [3.63, 3.8) is 0 Å². The Labute approximate surface area is 77.8 Å². The summed E-state index contributed by atoms with van der Waals surface area (Å²) in [7, 11) is 0. The van der Waals surface area contributed by atoms with Crippen molar-refractivity contribution in [2.24, 2.45) is 16.7 Å². The van der Waals surface area contributed by atoms with Crippen LogP contribution in [-0.2, 0) is 4.79 Å². The SMILES string of the molecule is CC1(C)[C@@H]2CC[C@](C(=O)O)(C2)[C@@H]1O. The Morgan fingerprint density at radius 1 is 1.46 bits per heavy atom. The van der Waals surface area contributed by atoms with Gasteiger partial charge in [0.15, 0.2) is 0 Å². The maximum absolute atomic E-state index is 11.1. The Bertz CT molecular complexity index is 259. The molecule has 0 saturated heterocycles. The molecule has 74 valence electrons. The highest BCUT2D eigenvalue weighted by atomic mass is 16.4. The minimum absolute atomic E-state index is 0.212. The second kappa shape index (κ2) is 2.27. The average Bonchev–Trinajstić information content (AvgIpc) is 2.53. The van der Waals surface area contributed by atoms with Crippen LogP contribution in [0.25, 0.3) is 0 Å². The minimum Gasteiger partial charge on any atom is -0.481 e. The van der Waals surface area contributed by atoms with Gasteiger partial charge in [0.2, 0.25) is 0 Å². The summed E-state index contributed by atoms with van der Waals surface area (Å²) < 4.78 is 0. The Morgan fingerprint density at radius 2 is 2.08 bits per heavy atom. The van der Waals surface area contributed by atoms with Crippen molar-refractivity contribution >= 4 is 5.97 Å². The molecule has 3 atom stereocenters. The maximum Gasteiger partial charge on any atom is 0.312 e. The Kier molecular flexibility index (Phi) is 1.57. The molecule has 0 aliphatic heterocycles. The number of carboxylic acids is 1. The third-order valence-electron chi connectivity index (χ3n) is 4.26. The molecule has 0 amide bonds. The molecule has 0 aromatic heterocycles. The zero-order valence-corrected chi connectivity index (χ0v) is 8.08. The van der Waals surface area contributed by atoms with E-state index in [1.54, 1.807) is 0 Å². The standard InChI is InChI=1S/C10H16O3/c1-9(2)6-3-4-10(5-6,7(9)11)8(12)13/h6-7,11H,3-5H2,1-2H3,(H,12,13)/t6-,7-,10+/m1/s1. The highest BCUT2D eigenvalue weighted by molar-refractivity contribution is 5.77. The molecule has 0 aromatic rings. The number of rotatable bonds is 1. The summed E-state index contributed by atoms with van der Waals surface area (Å²) in [6.45, 7) is 3.96. The summed E-state index contributed by atoms with van der Waals surface area (Å²) in [6, 6.07) is 0. The van der Waals surface area contributed by atoms with E-state index in [0.29, 0.717) is 18.8 Å². The third-order valence-corrected chi connectivity index (χ3v) is 4.26. The number of hydrogen-bond acceptors (Lipinski definition) is 2. The first-order valence-electron chi connectivity index (χ1n) is 4.83. The van der Waals surface area contributed by atoms with Gasteiger partial charge in [-0.2, -0.15) is 0 Å². The van der Waals surface area contributed by atoms with Crippen LogP contribution in [0, 0.1) is 16.7 Å². The maximum atomic E-state index is 11.1. The van der Waals surface area contributed by atoms with Gasteiger partial charge in [-0.1, -0.05) is 13.8 Å². The zero-order valence-electron chi connectivity index (χ0n) is 8.08. The van der Waals surface area contributed by atoms with E-state index in [1.807, 2.05) is 13.8 Å². The number of fused-ring (bicyclic) bond motifs is 2. The predicted octanol–water partition coefficient (Wildman–Crippen LogP) is 1.26. The highest BCUT2D eigenvalue weighted by Crippen LogP contribution is 2.62. The number of carboxylic acid groups (broad SMARTS) is 1. The van der Waals surface area contributed by atoms with Gasteiger partial charge in [-0.05, 0) is 30.6 Å². The van der Waals surface area contributed by atoms with E-state index < -0.39 is 17.5 Å². The van der Waals surface area contributed by atoms with Crippen molar-refractivity contribution in [3.05, 3.63) is 0 Å². The molecule has 0 aromatic carbocycles. The summed E-state index contributed by atoms with van der Waals surface area (Å²) >= 11 is 0. The largest absolute Gasteiger partial charge is 0.481 e. The van der Waals surface area contributed by atoms with Gasteiger partial charge < -0.3 is 10.2 Å². The number of aliphatic hydroxyl groups excluding tert-OH is 1. The molecule has 3 nitrogen and oxygen atoms in total. The van der Waals surface area contributed by atoms with E-state index in [9.17, 15) is 9.90 Å². The van der Waals surface area contributed by atoms with Crippen LogP contribution in [0.1, 0.15) is 33.1 Å². The van der Waals surface area contributed by atoms with Crippen LogP contribution in [0.2, 0.25) is 0 Å². The Morgan fingerprint density at radius 3 is 2.38 bits per heavy atom. The van der Waals surface area contributed by atoms with E-state index >= 15 is 0 Å². The van der Waals surface area contributed by atoms with Crippen LogP contribution in [0.5, 0.6) is 0 Å². The molecule has 2 aliphatic rings. The van der Waals surface area contributed by atoms with Crippen molar-refractivity contribution in [2.45, 2.75) is 39.2 Å². The molecule has 0 radical (unpaired) electrons. The predicted molar refractivity (Wildman–Crippen MR) is 47.2 cm³/mol. The van der Waals surface area contributed by atoms with E-state index in [0.717, 1.165) is 6.42 Å². The zero-order chi connectivity index (χ0) is 9.85. The Balaban J connectivity index is 2.40. The van der Waals surface area contributed by atoms with E-state index in [2.05, 4.69) is 0 Å². The van der Waals surface area contributed by atoms with Gasteiger partial charge >= 0.3 is 5.97 Å². The van der Waals surface area contributed by atoms with Crippen LogP contribution in [-0.4, -0.2) is 22.3 Å². The molecule has 0 heterocycles. The summed E-state index contributed by atoms with van der Waals surface area (Å²) in [4.78, 5) is 11.1. The molecule has 13 heavy (non-hydrogen) atoms. The van der Waals surface area contributed by atoms with E-state index in [1.165, 1.54) is 0 Å². The van der Waals surface area contributed by atoms with Gasteiger partial charge in [0.05, 0.1) is 11.5 Å². The molecule has 2 bridgehead atoms. The first-order chi connectivity index (χ1) is 5.91. The van der Waals surface area contributed by atoms with Crippen molar-refractivity contribution in [3.8, 4) is 0 Å². The van der Waals surface area contributed by atoms with Crippen LogP contribution < -0.4 is 0 Å². The molecule has 2 saturated carbocycles. The quantitative estimate of drug-likeness (QED) is 0.645. The monoisotopic (exact) mass is 184 g/mol. The lowest BCUT2D eigenvalue weighted by molar-refractivity contribution is -0.159. The molecule has 3 heteroatoms. The number of aliphatic carboxylic acids is 1. The van der Waals surface area contributed by atoms with Gasteiger partial charge in [0.1, 0.15) is 0 Å². The molecule has 2 rings (SSSR count). The lowest BCUT2D eigenvalue weighted by Gasteiger charge is -2.38. The van der Waals surface area contributed by atoms with Gasteiger partial charge in [-0.25, -0.2) is 0 Å². The molecular formula is C10H16O3. The lowest BCUT2D eigenvalue weighted by Crippen LogP contribution is -2.45. The van der Waals surface area contributed by atoms with E-state index in [4.69, 9.17) is 5.11 Å². The fourth-order valence-electron chi connectivity index (χ4n) is 3.21. The summed E-state index contributed by atoms with van der Waals surface area (Å²) in [5, 5.41) is 19.1. The topological polar surface area (TPSA) is 57.5 Å². The normalized spacial score (nSPS) is 46.7. The molecule has 0 spiro atoms. The fraction of sp³-hybridized carbons (Fsp3) is 0.900. The molecule has 0 unspecified atom stereocenters. The molecular weight excluding hydrogens is 168 g/mol. The van der Waals surface area contributed by atoms with Crippen LogP contribution in [0.3, 0.4) is 0 Å². The second-order valence-corrected chi connectivity index (χ2v) is 5.12. The van der Waals surface area contributed by atoms with Gasteiger partial charge in [-0.15, -0.1) is 0 Å². The van der Waals surface area contributed by atoms with Crippen LogP contribution in [0.15, 0.2) is 0 Å². The van der Waals surface area contributed by atoms with Crippen molar-refractivity contribution in [2.75, 3.05) is 0 Å². The molecule has 2 fully saturated rings. The van der Waals surface area contributed by atoms with Gasteiger partial charge in [0.25, 0.3) is 0 Å². The van der Waals surface area contributed by atoms with Crippen LogP contribution >= 0.6 is 0 Å². The summed E-state index contributed by atoms with van der Waals surface area (Å²) in [5.41, 5.74) is -1.04. The smallest absolute Gasteiger partial charge is 0.312 e. The summed E-state index contributed by atoms with van der Waals surface area (Å²) in [6.07, 6.45) is 1.60. The minimum atomic E-state index is -0.825. The number of carbonyl (C=O) groups is 1. The van der Waals surface area contributed by atoms with E-state index in [-0.39, 0.29) is 5.41 Å². The lowest BCUT2D eigenvalue weighted by atomic mass is 9.69. The van der Waals surface area contributed by atoms with Gasteiger partial charge in [-0.3, -0.25) is 4.79 Å². The highest BCUT2D eigenvalue weighted by Gasteiger charge is 2.65.